The number of para-hydroxylation sites is 2. The van der Waals surface area contributed by atoms with E-state index in [-0.39, 0.29) is 11.8 Å². The predicted molar refractivity (Wildman–Crippen MR) is 89.6 cm³/mol. The molecule has 1 fully saturated rings. The molecule has 2 aromatic heterocycles. The van der Waals surface area contributed by atoms with Crippen molar-refractivity contribution in [2.75, 3.05) is 13.2 Å². The van der Waals surface area contributed by atoms with Crippen molar-refractivity contribution in [3.05, 3.63) is 54.5 Å². The van der Waals surface area contributed by atoms with Crippen LogP contribution in [-0.2, 0) is 16.1 Å². The summed E-state index contributed by atoms with van der Waals surface area (Å²) in [5.41, 5.74) is 2.86. The first kappa shape index (κ1) is 14.8. The van der Waals surface area contributed by atoms with Gasteiger partial charge in [0, 0.05) is 24.9 Å². The molecule has 0 saturated carbocycles. The Balaban J connectivity index is 1.60. The van der Waals surface area contributed by atoms with Crippen molar-refractivity contribution in [1.82, 2.24) is 19.9 Å². The van der Waals surface area contributed by atoms with Crippen LogP contribution in [0.25, 0.3) is 16.9 Å². The van der Waals surface area contributed by atoms with Gasteiger partial charge in [-0.1, -0.05) is 18.2 Å². The highest BCUT2D eigenvalue weighted by Crippen LogP contribution is 2.19. The van der Waals surface area contributed by atoms with Crippen molar-refractivity contribution in [3.63, 3.8) is 0 Å². The fraction of sp³-hybridized carbons (Fsp3) is 0.278. The van der Waals surface area contributed by atoms with Gasteiger partial charge in [-0.25, -0.2) is 9.97 Å². The highest BCUT2D eigenvalue weighted by atomic mass is 16.5. The van der Waals surface area contributed by atoms with Crippen LogP contribution in [0, 0.1) is 5.92 Å². The lowest BCUT2D eigenvalue weighted by Gasteiger charge is -2.13. The zero-order chi connectivity index (χ0) is 16.4. The second-order valence-corrected chi connectivity index (χ2v) is 5.87. The molecule has 1 saturated heterocycles. The van der Waals surface area contributed by atoms with Gasteiger partial charge in [0.05, 0.1) is 23.6 Å². The molecular weight excluding hydrogens is 304 g/mol. The minimum absolute atomic E-state index is 0.0396. The molecule has 1 unspecified atom stereocenters. The molecule has 3 heterocycles. The third-order valence-electron chi connectivity index (χ3n) is 4.30. The maximum absolute atomic E-state index is 12.2. The van der Waals surface area contributed by atoms with Crippen molar-refractivity contribution in [2.45, 2.75) is 13.0 Å². The van der Waals surface area contributed by atoms with Crippen LogP contribution in [0.15, 0.2) is 48.9 Å². The molecule has 122 valence electrons. The van der Waals surface area contributed by atoms with Gasteiger partial charge in [0.25, 0.3) is 0 Å². The van der Waals surface area contributed by atoms with Gasteiger partial charge in [0.2, 0.25) is 5.91 Å². The molecular formula is C18H18N4O2. The number of rotatable bonds is 4. The van der Waals surface area contributed by atoms with Crippen LogP contribution in [0.1, 0.15) is 12.0 Å². The van der Waals surface area contributed by atoms with Gasteiger partial charge in [-0.05, 0) is 24.6 Å². The van der Waals surface area contributed by atoms with Crippen LogP contribution in [-0.4, -0.2) is 33.7 Å². The summed E-state index contributed by atoms with van der Waals surface area (Å²) in [7, 11) is 0. The molecule has 1 amide bonds. The normalized spacial score (nSPS) is 17.2. The first-order valence-corrected chi connectivity index (χ1v) is 8.05. The van der Waals surface area contributed by atoms with Crippen molar-refractivity contribution in [1.29, 1.82) is 0 Å². The van der Waals surface area contributed by atoms with Crippen LogP contribution in [0.5, 0.6) is 0 Å². The standard InChI is InChI=1S/C18H18N4O2/c23-18(14-7-9-24-11-14)20-10-13-4-3-8-19-17(13)22-12-21-15-5-1-2-6-16(15)22/h1-6,8,12,14H,7,9-11H2,(H,20,23). The number of carbonyl (C=O) groups excluding carboxylic acids is 1. The van der Waals surface area contributed by atoms with E-state index in [1.807, 2.05) is 41.0 Å². The smallest absolute Gasteiger partial charge is 0.225 e. The zero-order valence-electron chi connectivity index (χ0n) is 13.2. The Morgan fingerprint density at radius 2 is 2.17 bits per heavy atom. The molecule has 1 aliphatic heterocycles. The van der Waals surface area contributed by atoms with Gasteiger partial charge in [0.15, 0.2) is 0 Å². The topological polar surface area (TPSA) is 69.0 Å². The molecule has 1 aromatic carbocycles. The Bertz CT molecular complexity index is 868. The minimum Gasteiger partial charge on any atom is -0.381 e. The number of hydrogen-bond acceptors (Lipinski definition) is 4. The molecule has 3 aromatic rings. The highest BCUT2D eigenvalue weighted by Gasteiger charge is 2.23. The van der Waals surface area contributed by atoms with Gasteiger partial charge < -0.3 is 10.1 Å². The van der Waals surface area contributed by atoms with E-state index in [4.69, 9.17) is 4.74 Å². The van der Waals surface area contributed by atoms with Gasteiger partial charge in [-0.15, -0.1) is 0 Å². The minimum atomic E-state index is -0.0424. The van der Waals surface area contributed by atoms with Crippen LogP contribution >= 0.6 is 0 Å². The van der Waals surface area contributed by atoms with Crippen molar-refractivity contribution < 1.29 is 9.53 Å². The summed E-state index contributed by atoms with van der Waals surface area (Å²) in [6.07, 6.45) is 4.31. The average molecular weight is 322 g/mol. The number of ether oxygens (including phenoxy) is 1. The van der Waals surface area contributed by atoms with Gasteiger partial charge >= 0.3 is 0 Å². The first-order valence-electron chi connectivity index (χ1n) is 8.05. The summed E-state index contributed by atoms with van der Waals surface area (Å²) < 4.78 is 7.23. The van der Waals surface area contributed by atoms with E-state index >= 15 is 0 Å². The maximum Gasteiger partial charge on any atom is 0.225 e. The Hall–Kier alpha value is -2.73. The molecule has 0 spiro atoms. The van der Waals surface area contributed by atoms with E-state index in [1.165, 1.54) is 0 Å². The summed E-state index contributed by atoms with van der Waals surface area (Å²) in [5, 5.41) is 3.00. The second-order valence-electron chi connectivity index (χ2n) is 5.87. The third kappa shape index (κ3) is 2.76. The number of aromatic nitrogens is 3. The van der Waals surface area contributed by atoms with Crippen molar-refractivity contribution >= 4 is 16.9 Å². The molecule has 1 atom stereocenters. The largest absolute Gasteiger partial charge is 0.381 e. The van der Waals surface area contributed by atoms with Crippen molar-refractivity contribution in [2.24, 2.45) is 5.92 Å². The lowest BCUT2D eigenvalue weighted by molar-refractivity contribution is -0.125. The molecule has 24 heavy (non-hydrogen) atoms. The monoisotopic (exact) mass is 322 g/mol. The molecule has 6 nitrogen and oxygen atoms in total. The third-order valence-corrected chi connectivity index (χ3v) is 4.30. The number of hydrogen-bond donors (Lipinski definition) is 1. The SMILES string of the molecule is O=C(NCc1cccnc1-n1cnc2ccccc21)C1CCOC1. The quantitative estimate of drug-likeness (QED) is 0.798. The number of fused-ring (bicyclic) bond motifs is 1. The van der Waals surface area contributed by atoms with E-state index in [1.54, 1.807) is 12.5 Å². The summed E-state index contributed by atoms with van der Waals surface area (Å²) in [4.78, 5) is 21.1. The molecule has 6 heteroatoms. The van der Waals surface area contributed by atoms with E-state index in [9.17, 15) is 4.79 Å². The first-order chi connectivity index (χ1) is 11.8. The predicted octanol–water partition coefficient (Wildman–Crippen LogP) is 2.07. The molecule has 0 aliphatic carbocycles. The van der Waals surface area contributed by atoms with Gasteiger partial charge in [-0.3, -0.25) is 9.36 Å². The Morgan fingerprint density at radius 1 is 1.25 bits per heavy atom. The van der Waals surface area contributed by atoms with Crippen LogP contribution in [0.2, 0.25) is 0 Å². The summed E-state index contributed by atoms with van der Waals surface area (Å²) in [6, 6.07) is 11.8. The molecule has 0 bridgehead atoms. The van der Waals surface area contributed by atoms with E-state index < -0.39 is 0 Å². The number of pyridine rings is 1. The number of nitrogens with one attached hydrogen (secondary N) is 1. The fourth-order valence-electron chi connectivity index (χ4n) is 2.98. The van der Waals surface area contributed by atoms with E-state index in [0.29, 0.717) is 19.8 Å². The zero-order valence-corrected chi connectivity index (χ0v) is 13.2. The average Bonchev–Trinajstić information content (AvgIpc) is 3.30. The molecule has 4 rings (SSSR count). The number of carbonyl (C=O) groups is 1. The molecule has 0 radical (unpaired) electrons. The Labute approximate surface area is 139 Å². The van der Waals surface area contributed by atoms with Crippen LogP contribution < -0.4 is 5.32 Å². The van der Waals surface area contributed by atoms with E-state index in [2.05, 4.69) is 15.3 Å². The van der Waals surface area contributed by atoms with Gasteiger partial charge in [0.1, 0.15) is 12.1 Å². The number of nitrogens with zero attached hydrogens (tertiary/aromatic N) is 3. The summed E-state index contributed by atoms with van der Waals surface area (Å²) in [5.74, 6) is 0.783. The lowest BCUT2D eigenvalue weighted by atomic mass is 10.1. The summed E-state index contributed by atoms with van der Waals surface area (Å²) in [6.45, 7) is 1.61. The lowest BCUT2D eigenvalue weighted by Crippen LogP contribution is -2.30. The number of benzene rings is 1. The maximum atomic E-state index is 12.2. The van der Waals surface area contributed by atoms with Crippen LogP contribution in [0.4, 0.5) is 0 Å². The van der Waals surface area contributed by atoms with Crippen LogP contribution in [0.3, 0.4) is 0 Å². The summed E-state index contributed by atoms with van der Waals surface area (Å²) >= 11 is 0. The number of imidazole rings is 1. The molecule has 1 N–H and O–H groups in total. The second kappa shape index (κ2) is 6.41. The number of amides is 1. The molecule has 1 aliphatic rings. The Morgan fingerprint density at radius 3 is 3.04 bits per heavy atom. The van der Waals surface area contributed by atoms with E-state index in [0.717, 1.165) is 28.8 Å². The fourth-order valence-corrected chi connectivity index (χ4v) is 2.98. The highest BCUT2D eigenvalue weighted by molar-refractivity contribution is 5.79. The van der Waals surface area contributed by atoms with Crippen molar-refractivity contribution in [3.8, 4) is 5.82 Å². The van der Waals surface area contributed by atoms with Gasteiger partial charge in [-0.2, -0.15) is 0 Å². The Kier molecular flexibility index (Phi) is 3.96.